The van der Waals surface area contributed by atoms with Crippen LogP contribution in [-0.4, -0.2) is 54.3 Å². The zero-order valence-corrected chi connectivity index (χ0v) is 19.2. The van der Waals surface area contributed by atoms with E-state index < -0.39 is 0 Å². The lowest BCUT2D eigenvalue weighted by atomic mass is 10.1. The first-order chi connectivity index (χ1) is 14.5. The number of aromatic nitrogens is 2. The predicted octanol–water partition coefficient (Wildman–Crippen LogP) is 2.77. The molecule has 7 heteroatoms. The van der Waals surface area contributed by atoms with Gasteiger partial charge in [0, 0.05) is 31.1 Å². The van der Waals surface area contributed by atoms with Gasteiger partial charge in [0.05, 0.1) is 24.2 Å². The summed E-state index contributed by atoms with van der Waals surface area (Å²) in [5, 5.41) is 11.4. The maximum Gasteiger partial charge on any atom is 0.187 e. The van der Waals surface area contributed by atoms with Crippen molar-refractivity contribution in [1.82, 2.24) is 9.97 Å². The number of thiophene rings is 1. The highest BCUT2D eigenvalue weighted by Gasteiger charge is 2.25. The zero-order valence-electron chi connectivity index (χ0n) is 18.4. The van der Waals surface area contributed by atoms with Gasteiger partial charge in [-0.1, -0.05) is 12.1 Å². The molecule has 0 atom stereocenters. The summed E-state index contributed by atoms with van der Waals surface area (Å²) in [6.07, 6.45) is 0. The van der Waals surface area contributed by atoms with Crippen LogP contribution in [0.3, 0.4) is 0 Å². The van der Waals surface area contributed by atoms with Crippen LogP contribution in [0.15, 0.2) is 24.3 Å². The average molecular weight is 427 g/mol. The van der Waals surface area contributed by atoms with E-state index in [0.717, 1.165) is 68.0 Å². The van der Waals surface area contributed by atoms with Crippen LogP contribution >= 0.6 is 11.3 Å². The number of aryl methyl sites for hydroxylation is 2. The van der Waals surface area contributed by atoms with Gasteiger partial charge in [0.15, 0.2) is 5.82 Å². The molecule has 1 saturated heterocycles. The first-order valence-electron chi connectivity index (χ1n) is 10.9. The van der Waals surface area contributed by atoms with Gasteiger partial charge in [0.1, 0.15) is 22.9 Å². The molecule has 0 aliphatic carbocycles. The molecule has 6 nitrogen and oxygen atoms in total. The second kappa shape index (κ2) is 8.78. The normalized spacial score (nSPS) is 14.8. The largest absolute Gasteiger partial charge is 0.506 e. The molecular formula is C23H32N5OS+. The summed E-state index contributed by atoms with van der Waals surface area (Å²) in [5.74, 6) is 2.38. The van der Waals surface area contributed by atoms with Gasteiger partial charge in [0.25, 0.3) is 0 Å². The lowest BCUT2D eigenvalue weighted by Crippen LogP contribution is -3.10. The van der Waals surface area contributed by atoms with Crippen LogP contribution in [0.1, 0.15) is 30.1 Å². The Kier molecular flexibility index (Phi) is 6.11. The van der Waals surface area contributed by atoms with E-state index in [2.05, 4.69) is 37.5 Å². The number of phenols is 1. The number of phenolic OH excluding ortho intramolecular Hbond substituents is 1. The Labute approximate surface area is 182 Å². The van der Waals surface area contributed by atoms with Crippen molar-refractivity contribution in [1.29, 1.82) is 0 Å². The van der Waals surface area contributed by atoms with Crippen molar-refractivity contribution in [2.24, 2.45) is 0 Å². The van der Waals surface area contributed by atoms with Crippen molar-refractivity contribution in [2.45, 2.75) is 34.2 Å². The summed E-state index contributed by atoms with van der Waals surface area (Å²) in [4.78, 5) is 18.6. The average Bonchev–Trinajstić information content (AvgIpc) is 3.05. The molecule has 3 heterocycles. The molecule has 1 aliphatic heterocycles. The van der Waals surface area contributed by atoms with Gasteiger partial charge < -0.3 is 19.8 Å². The third-order valence-corrected chi connectivity index (χ3v) is 7.37. The molecule has 0 bridgehead atoms. The Morgan fingerprint density at radius 1 is 1.00 bits per heavy atom. The number of anilines is 2. The Hall–Kier alpha value is -2.38. The summed E-state index contributed by atoms with van der Waals surface area (Å²) in [6, 6.07) is 7.60. The summed E-state index contributed by atoms with van der Waals surface area (Å²) >= 11 is 1.78. The fourth-order valence-electron chi connectivity index (χ4n) is 4.19. The third kappa shape index (κ3) is 3.96. The Morgan fingerprint density at radius 2 is 1.67 bits per heavy atom. The number of piperazine rings is 1. The molecule has 4 rings (SSSR count). The molecule has 0 saturated carbocycles. The number of rotatable bonds is 6. The number of hydrogen-bond acceptors (Lipinski definition) is 6. The third-order valence-electron chi connectivity index (χ3n) is 6.27. The number of nitrogens with one attached hydrogen (secondary N) is 1. The second-order valence-corrected chi connectivity index (χ2v) is 9.23. The second-order valence-electron chi connectivity index (χ2n) is 8.02. The van der Waals surface area contributed by atoms with Crippen LogP contribution in [0.25, 0.3) is 10.2 Å². The monoisotopic (exact) mass is 426 g/mol. The zero-order chi connectivity index (χ0) is 21.3. The van der Waals surface area contributed by atoms with Gasteiger partial charge >= 0.3 is 0 Å². The molecular weight excluding hydrogens is 394 g/mol. The molecule has 0 spiro atoms. The summed E-state index contributed by atoms with van der Waals surface area (Å²) in [5.41, 5.74) is 2.22. The summed E-state index contributed by atoms with van der Waals surface area (Å²) < 4.78 is 0. The van der Waals surface area contributed by atoms with E-state index in [9.17, 15) is 5.11 Å². The highest BCUT2D eigenvalue weighted by Crippen LogP contribution is 2.36. The molecule has 2 N–H and O–H groups in total. The maximum atomic E-state index is 10.2. The van der Waals surface area contributed by atoms with Gasteiger partial charge in [-0.2, -0.15) is 0 Å². The van der Waals surface area contributed by atoms with E-state index in [1.165, 1.54) is 20.7 Å². The fourth-order valence-corrected chi connectivity index (χ4v) is 5.24. The van der Waals surface area contributed by atoms with Crippen LogP contribution in [0, 0.1) is 13.8 Å². The van der Waals surface area contributed by atoms with E-state index >= 15 is 0 Å². The lowest BCUT2D eigenvalue weighted by Gasteiger charge is -2.37. The molecule has 1 fully saturated rings. The molecule has 3 aromatic rings. The van der Waals surface area contributed by atoms with Crippen LogP contribution in [0.4, 0.5) is 11.5 Å². The summed E-state index contributed by atoms with van der Waals surface area (Å²) in [7, 11) is 0. The molecule has 0 amide bonds. The van der Waals surface area contributed by atoms with E-state index in [1.54, 1.807) is 17.4 Å². The molecule has 30 heavy (non-hydrogen) atoms. The van der Waals surface area contributed by atoms with E-state index in [-0.39, 0.29) is 0 Å². The maximum absolute atomic E-state index is 10.2. The van der Waals surface area contributed by atoms with Crippen molar-refractivity contribution in [3.05, 3.63) is 40.5 Å². The van der Waals surface area contributed by atoms with E-state index in [1.807, 2.05) is 18.2 Å². The first-order valence-corrected chi connectivity index (χ1v) is 11.7. The highest BCUT2D eigenvalue weighted by molar-refractivity contribution is 7.18. The number of fused-ring (bicyclic) bond motifs is 1. The van der Waals surface area contributed by atoms with Gasteiger partial charge in [-0.3, -0.25) is 0 Å². The van der Waals surface area contributed by atoms with Crippen LogP contribution in [-0.2, 0) is 6.54 Å². The van der Waals surface area contributed by atoms with Gasteiger partial charge in [-0.15, -0.1) is 11.3 Å². The molecule has 0 radical (unpaired) electrons. The van der Waals surface area contributed by atoms with Crippen molar-refractivity contribution in [2.75, 3.05) is 49.1 Å². The molecule has 2 aromatic heterocycles. The first kappa shape index (κ1) is 20.9. The quantitative estimate of drug-likeness (QED) is 0.635. The lowest BCUT2D eigenvalue weighted by molar-refractivity contribution is -0.910. The highest BCUT2D eigenvalue weighted by atomic mass is 32.1. The fraction of sp³-hybridized carbons (Fsp3) is 0.478. The van der Waals surface area contributed by atoms with Crippen molar-refractivity contribution >= 4 is 33.1 Å². The number of aromatic hydroxyl groups is 1. The molecule has 160 valence electrons. The Bertz CT molecular complexity index is 1020. The van der Waals surface area contributed by atoms with Crippen LogP contribution in [0.5, 0.6) is 5.75 Å². The number of hydrogen-bond donors (Lipinski definition) is 2. The van der Waals surface area contributed by atoms with Crippen molar-refractivity contribution < 1.29 is 10.0 Å². The number of quaternary nitrogens is 1. The predicted molar refractivity (Wildman–Crippen MR) is 125 cm³/mol. The Morgan fingerprint density at radius 3 is 2.33 bits per heavy atom. The number of benzene rings is 1. The molecule has 1 aliphatic rings. The minimum Gasteiger partial charge on any atom is -0.506 e. The number of para-hydroxylation sites is 2. The number of nitrogens with zero attached hydrogens (tertiary/aromatic N) is 4. The molecule has 0 unspecified atom stereocenters. The van der Waals surface area contributed by atoms with E-state index in [0.29, 0.717) is 5.75 Å². The van der Waals surface area contributed by atoms with Crippen molar-refractivity contribution in [3.8, 4) is 5.75 Å². The minimum atomic E-state index is 0.351. The standard InChI is InChI=1S/C23H31N5OS/c1-5-26(6-2)15-20-24-22(21-16(3)17(4)30-23(21)25-20)28-13-11-27(12-14-28)18-9-7-8-10-19(18)29/h7-10,29H,5-6,11-15H2,1-4H3/p+1. The van der Waals surface area contributed by atoms with E-state index in [4.69, 9.17) is 9.97 Å². The van der Waals surface area contributed by atoms with Crippen molar-refractivity contribution in [3.63, 3.8) is 0 Å². The summed E-state index contributed by atoms with van der Waals surface area (Å²) in [6.45, 7) is 15.3. The smallest absolute Gasteiger partial charge is 0.187 e. The Balaban J connectivity index is 1.63. The minimum absolute atomic E-state index is 0.351. The van der Waals surface area contributed by atoms with Gasteiger partial charge in [0.2, 0.25) is 0 Å². The van der Waals surface area contributed by atoms with Gasteiger partial charge in [-0.05, 0) is 45.4 Å². The topological polar surface area (TPSA) is 56.9 Å². The molecule has 1 aromatic carbocycles. The van der Waals surface area contributed by atoms with Crippen LogP contribution < -0.4 is 14.7 Å². The SMILES string of the molecule is CC[NH+](CC)Cc1nc(N2CCN(c3ccccc3O)CC2)c2c(C)c(C)sc2n1. The van der Waals surface area contributed by atoms with Crippen LogP contribution in [0.2, 0.25) is 0 Å². The van der Waals surface area contributed by atoms with Gasteiger partial charge in [-0.25, -0.2) is 9.97 Å².